The van der Waals surface area contributed by atoms with Crippen LogP contribution in [0.4, 0.5) is 5.69 Å². The molecule has 7 N–H and O–H groups in total. The Balaban J connectivity index is 0.978. The minimum atomic E-state index is -1.29. The first-order valence-corrected chi connectivity index (χ1v) is 22.6. The molecule has 0 spiro atoms. The Morgan fingerprint density at radius 3 is 2.34 bits per heavy atom. The van der Waals surface area contributed by atoms with Gasteiger partial charge in [0.2, 0.25) is 29.5 Å². The molecule has 1 aromatic rings. The Morgan fingerprint density at radius 1 is 0.881 bits per heavy atom. The average Bonchev–Trinajstić information content (AvgIpc) is 3.56. The van der Waals surface area contributed by atoms with Crippen molar-refractivity contribution in [1.82, 2.24) is 16.0 Å². The van der Waals surface area contributed by atoms with Crippen molar-refractivity contribution < 1.29 is 33.8 Å². The number of carbonyl (C=O) groups excluding carboxylic acids is 5. The third kappa shape index (κ3) is 12.2. The van der Waals surface area contributed by atoms with E-state index in [0.29, 0.717) is 36.2 Å². The van der Waals surface area contributed by atoms with Crippen LogP contribution in [0.15, 0.2) is 35.9 Å². The number of hydrogen-bond acceptors (Lipinski definition) is 7. The smallest absolute Gasteiger partial charge is 0.243 e. The van der Waals surface area contributed by atoms with Crippen molar-refractivity contribution in [2.45, 2.75) is 150 Å². The maximum atomic E-state index is 12.7. The maximum absolute atomic E-state index is 12.7. The second kappa shape index (κ2) is 21.2. The largest absolute Gasteiger partial charge is 0.392 e. The number of nitrogens with two attached hydrogens (primary N) is 1. The van der Waals surface area contributed by atoms with Crippen LogP contribution >= 0.6 is 0 Å². The monoisotopic (exact) mass is 820 g/mol. The lowest BCUT2D eigenvalue weighted by Crippen LogP contribution is -2.51. The average molecular weight is 820 g/mol. The molecule has 4 aliphatic carbocycles. The lowest BCUT2D eigenvalue weighted by molar-refractivity contribution is -0.132. The van der Waals surface area contributed by atoms with Crippen molar-refractivity contribution in [3.05, 3.63) is 41.5 Å². The molecule has 0 bridgehead atoms. The van der Waals surface area contributed by atoms with E-state index in [1.54, 1.807) is 29.8 Å². The lowest BCUT2D eigenvalue weighted by atomic mass is 9.47. The number of rotatable bonds is 21. The van der Waals surface area contributed by atoms with Gasteiger partial charge in [0.15, 0.2) is 0 Å². The Kier molecular flexibility index (Phi) is 16.6. The number of nitrogens with one attached hydrogen (secondary N) is 4. The molecule has 5 rings (SSSR count). The van der Waals surface area contributed by atoms with Gasteiger partial charge in [-0.05, 0) is 122 Å². The fourth-order valence-corrected chi connectivity index (χ4v) is 11.5. The molecule has 0 radical (unpaired) electrons. The van der Waals surface area contributed by atoms with Gasteiger partial charge >= 0.3 is 0 Å². The van der Waals surface area contributed by atoms with Gasteiger partial charge in [-0.15, -0.1) is 0 Å². The maximum Gasteiger partial charge on any atom is 0.243 e. The third-order valence-electron chi connectivity index (χ3n) is 14.7. The molecule has 12 heteroatoms. The molecule has 59 heavy (non-hydrogen) atoms. The summed E-state index contributed by atoms with van der Waals surface area (Å²) >= 11 is 0. The highest BCUT2D eigenvalue weighted by Gasteiger charge is 2.59. The highest BCUT2D eigenvalue weighted by atomic mass is 16.5. The van der Waals surface area contributed by atoms with E-state index >= 15 is 0 Å². The number of ether oxygens (including phenoxy) is 1. The number of aliphatic hydroxyl groups excluding tert-OH is 1. The fourth-order valence-electron chi connectivity index (χ4n) is 11.5. The molecule has 3 saturated carbocycles. The number of allylic oxidation sites excluding steroid dienone is 1. The molecular weight excluding hydrogens is 747 g/mol. The molecule has 328 valence electrons. The summed E-state index contributed by atoms with van der Waals surface area (Å²) in [5.74, 6) is 1.96. The van der Waals surface area contributed by atoms with Crippen molar-refractivity contribution in [2.24, 2.45) is 52.1 Å². The molecule has 12 nitrogen and oxygen atoms in total. The van der Waals surface area contributed by atoms with Crippen LogP contribution in [0.5, 0.6) is 0 Å². The summed E-state index contributed by atoms with van der Waals surface area (Å²) in [5, 5.41) is 19.5. The predicted molar refractivity (Wildman–Crippen MR) is 229 cm³/mol. The van der Waals surface area contributed by atoms with E-state index in [0.717, 1.165) is 48.3 Å². The molecule has 1 aromatic carbocycles. The third-order valence-corrected chi connectivity index (χ3v) is 14.7. The second-order valence-electron chi connectivity index (χ2n) is 19.1. The van der Waals surface area contributed by atoms with Crippen molar-refractivity contribution in [1.29, 1.82) is 0 Å². The first-order valence-electron chi connectivity index (χ1n) is 22.6. The Labute approximate surface area is 352 Å². The Morgan fingerprint density at radius 2 is 1.63 bits per heavy atom. The summed E-state index contributed by atoms with van der Waals surface area (Å²) in [5.41, 5.74) is 8.84. The van der Waals surface area contributed by atoms with Gasteiger partial charge in [-0.25, -0.2) is 0 Å². The zero-order valence-electron chi connectivity index (χ0n) is 36.4. The van der Waals surface area contributed by atoms with Crippen LogP contribution in [0.2, 0.25) is 0 Å². The second-order valence-corrected chi connectivity index (χ2v) is 19.1. The summed E-state index contributed by atoms with van der Waals surface area (Å²) in [6.07, 6.45) is 16.9. The van der Waals surface area contributed by atoms with Gasteiger partial charge < -0.3 is 36.8 Å². The summed E-state index contributed by atoms with van der Waals surface area (Å²) in [7, 11) is 0. The Bertz CT molecular complexity index is 1650. The van der Waals surface area contributed by atoms with Crippen LogP contribution in [0, 0.1) is 46.3 Å². The van der Waals surface area contributed by atoms with E-state index in [9.17, 15) is 24.0 Å². The standard InChI is InChI=1S/C47H73N5O7/c1-30(2)8-6-9-31(3)37-16-17-38-36-15-12-33-26-35(20-22-46(33,4)39(36)21-23-47(37,38)5)59-25-7-24-49-42(55)18-19-43(56)52-40(27-41(48)54)45(58)50-28-44(57)51-34-13-10-32(29-53)11-14-34/h10-14,30-31,35-40,53H,6-9,15-29H2,1-5H3,(H2,48,54)(H,49,55)(H,50,58)(H,51,57)(H,52,56)/t31-,35+,36+,37?,38?,39?,40+,46+,47-/m1/s1. The first kappa shape index (κ1) is 46.3. The summed E-state index contributed by atoms with van der Waals surface area (Å²) in [4.78, 5) is 61.8. The zero-order valence-corrected chi connectivity index (χ0v) is 36.4. The number of aliphatic hydroxyl groups is 1. The minimum absolute atomic E-state index is 0.0927. The molecule has 0 aromatic heterocycles. The number of hydrogen-bond donors (Lipinski definition) is 6. The molecule has 4 aliphatic rings. The Hall–Kier alpha value is -3.77. The van der Waals surface area contributed by atoms with Crippen LogP contribution in [0.1, 0.15) is 136 Å². The van der Waals surface area contributed by atoms with Gasteiger partial charge in [-0.2, -0.15) is 0 Å². The van der Waals surface area contributed by atoms with Gasteiger partial charge in [-0.3, -0.25) is 24.0 Å². The molecule has 0 heterocycles. The topological polar surface area (TPSA) is 189 Å². The number of amides is 5. The van der Waals surface area contributed by atoms with E-state index in [4.69, 9.17) is 15.6 Å². The van der Waals surface area contributed by atoms with Crippen LogP contribution in [-0.4, -0.2) is 66.5 Å². The number of fused-ring (bicyclic) bond motifs is 5. The van der Waals surface area contributed by atoms with E-state index < -0.39 is 42.6 Å². The first-order chi connectivity index (χ1) is 28.1. The lowest BCUT2D eigenvalue weighted by Gasteiger charge is -2.58. The molecule has 9 atom stereocenters. The highest BCUT2D eigenvalue weighted by Crippen LogP contribution is 2.67. The number of anilines is 1. The van der Waals surface area contributed by atoms with Crippen molar-refractivity contribution in [3.8, 4) is 0 Å². The summed E-state index contributed by atoms with van der Waals surface area (Å²) in [6.45, 7) is 12.9. The molecule has 0 saturated heterocycles. The number of carbonyl (C=O) groups is 5. The van der Waals surface area contributed by atoms with Gasteiger partial charge in [0.25, 0.3) is 0 Å². The fraction of sp³-hybridized carbons (Fsp3) is 0.723. The molecule has 3 fully saturated rings. The predicted octanol–water partition coefficient (Wildman–Crippen LogP) is 6.31. The van der Waals surface area contributed by atoms with Crippen LogP contribution < -0.4 is 27.0 Å². The van der Waals surface area contributed by atoms with Gasteiger partial charge in [0.05, 0.1) is 25.7 Å². The minimum Gasteiger partial charge on any atom is -0.392 e. The van der Waals surface area contributed by atoms with Crippen molar-refractivity contribution in [2.75, 3.05) is 25.0 Å². The van der Waals surface area contributed by atoms with Crippen LogP contribution in [0.25, 0.3) is 0 Å². The number of benzene rings is 1. The van der Waals surface area contributed by atoms with Crippen LogP contribution in [0.3, 0.4) is 0 Å². The SMILES string of the molecule is CC(C)CCC[C@@H](C)C1CCC2[C@@H]3CC=C4C[C@@H](OCCCNC(=O)CCC(=O)N[C@@H](CC(N)=O)C(=O)NCC(=O)Nc5ccc(CO)cc5)CC[C@]4(C)C3CC[C@@]21C. The van der Waals surface area contributed by atoms with Crippen LogP contribution in [-0.2, 0) is 35.3 Å². The molecule has 3 unspecified atom stereocenters. The summed E-state index contributed by atoms with van der Waals surface area (Å²) < 4.78 is 6.37. The van der Waals surface area contributed by atoms with Gasteiger partial charge in [0.1, 0.15) is 6.04 Å². The zero-order chi connectivity index (χ0) is 42.7. The summed E-state index contributed by atoms with van der Waals surface area (Å²) in [6, 6.07) is 5.23. The van der Waals surface area contributed by atoms with E-state index in [1.165, 1.54) is 57.8 Å². The highest BCUT2D eigenvalue weighted by molar-refractivity contribution is 5.97. The molecular formula is C47H73N5O7. The van der Waals surface area contributed by atoms with Crippen molar-refractivity contribution >= 4 is 35.2 Å². The normalized spacial score (nSPS) is 28.3. The molecule has 0 aliphatic heterocycles. The van der Waals surface area contributed by atoms with Gasteiger partial charge in [0, 0.05) is 31.7 Å². The quantitative estimate of drug-likeness (QED) is 0.0620. The van der Waals surface area contributed by atoms with E-state index in [1.807, 2.05) is 0 Å². The number of primary amides is 1. The van der Waals surface area contributed by atoms with E-state index in [2.05, 4.69) is 62.0 Å². The van der Waals surface area contributed by atoms with Gasteiger partial charge in [-0.1, -0.05) is 77.7 Å². The van der Waals surface area contributed by atoms with Crippen molar-refractivity contribution in [3.63, 3.8) is 0 Å². The molecule has 5 amide bonds. The van der Waals surface area contributed by atoms with E-state index in [-0.39, 0.29) is 36.9 Å².